The van der Waals surface area contributed by atoms with Crippen LogP contribution >= 0.6 is 0 Å². The number of hydrogen-bond donors (Lipinski definition) is 1. The molecule has 0 radical (unpaired) electrons. The van der Waals surface area contributed by atoms with Crippen molar-refractivity contribution in [3.63, 3.8) is 0 Å². The van der Waals surface area contributed by atoms with Gasteiger partial charge < -0.3 is 10.2 Å². The van der Waals surface area contributed by atoms with Crippen molar-refractivity contribution in [3.05, 3.63) is 0 Å². The minimum absolute atomic E-state index is 0.0713. The van der Waals surface area contributed by atoms with E-state index in [1.165, 1.54) is 0 Å². The summed E-state index contributed by atoms with van der Waals surface area (Å²) in [5, 5.41) is 3.35. The molecule has 3 heteroatoms. The van der Waals surface area contributed by atoms with Crippen molar-refractivity contribution in [2.75, 3.05) is 19.6 Å². The lowest BCUT2D eigenvalue weighted by atomic mass is 9.82. The van der Waals surface area contributed by atoms with Gasteiger partial charge >= 0.3 is 0 Å². The van der Waals surface area contributed by atoms with Gasteiger partial charge in [0.05, 0.1) is 5.41 Å². The van der Waals surface area contributed by atoms with E-state index >= 15 is 0 Å². The van der Waals surface area contributed by atoms with Crippen LogP contribution in [0.1, 0.15) is 46.5 Å². The smallest absolute Gasteiger partial charge is 0.230 e. The Kier molecular flexibility index (Phi) is 2.99. The van der Waals surface area contributed by atoms with Crippen LogP contribution in [0.2, 0.25) is 0 Å². The summed E-state index contributed by atoms with van der Waals surface area (Å²) in [7, 11) is 0. The molecule has 92 valence electrons. The maximum atomic E-state index is 12.7. The molecule has 2 rings (SSSR count). The van der Waals surface area contributed by atoms with Crippen LogP contribution in [-0.2, 0) is 4.79 Å². The van der Waals surface area contributed by atoms with Crippen LogP contribution in [-0.4, -0.2) is 36.0 Å². The highest BCUT2D eigenvalue weighted by atomic mass is 16.2. The van der Waals surface area contributed by atoms with Crippen LogP contribution in [0.3, 0.4) is 0 Å². The monoisotopic (exact) mass is 224 g/mol. The summed E-state index contributed by atoms with van der Waals surface area (Å²) in [6.45, 7) is 9.36. The Hall–Kier alpha value is -0.570. The fourth-order valence-electron chi connectivity index (χ4n) is 3.15. The van der Waals surface area contributed by atoms with Gasteiger partial charge in [-0.15, -0.1) is 0 Å². The minimum Gasteiger partial charge on any atom is -0.337 e. The third-order valence-electron chi connectivity index (χ3n) is 4.52. The van der Waals surface area contributed by atoms with Crippen LogP contribution in [0, 0.1) is 5.41 Å². The Balaban J connectivity index is 2.17. The maximum absolute atomic E-state index is 12.7. The zero-order chi connectivity index (χ0) is 11.8. The van der Waals surface area contributed by atoms with E-state index in [2.05, 4.69) is 31.0 Å². The fourth-order valence-corrected chi connectivity index (χ4v) is 3.15. The summed E-state index contributed by atoms with van der Waals surface area (Å²) in [6.07, 6.45) is 4.28. The van der Waals surface area contributed by atoms with Crippen LogP contribution in [0.25, 0.3) is 0 Å². The molecule has 16 heavy (non-hydrogen) atoms. The van der Waals surface area contributed by atoms with E-state index in [4.69, 9.17) is 0 Å². The van der Waals surface area contributed by atoms with Gasteiger partial charge in [0.25, 0.3) is 0 Å². The predicted molar refractivity (Wildman–Crippen MR) is 65.2 cm³/mol. The third kappa shape index (κ3) is 1.75. The highest BCUT2D eigenvalue weighted by Gasteiger charge is 2.46. The van der Waals surface area contributed by atoms with Crippen molar-refractivity contribution in [1.82, 2.24) is 10.2 Å². The second kappa shape index (κ2) is 4.02. The van der Waals surface area contributed by atoms with Gasteiger partial charge in [-0.2, -0.15) is 0 Å². The summed E-state index contributed by atoms with van der Waals surface area (Å²) in [4.78, 5) is 14.8. The van der Waals surface area contributed by atoms with Gasteiger partial charge in [0.2, 0.25) is 5.91 Å². The summed E-state index contributed by atoms with van der Waals surface area (Å²) in [6, 6.07) is 0. The van der Waals surface area contributed by atoms with Crippen molar-refractivity contribution < 1.29 is 4.79 Å². The minimum atomic E-state index is -0.110. The average molecular weight is 224 g/mol. The lowest BCUT2D eigenvalue weighted by Gasteiger charge is -2.38. The van der Waals surface area contributed by atoms with E-state index in [9.17, 15) is 4.79 Å². The van der Waals surface area contributed by atoms with Crippen molar-refractivity contribution >= 4 is 5.91 Å². The topological polar surface area (TPSA) is 32.3 Å². The molecule has 2 fully saturated rings. The lowest BCUT2D eigenvalue weighted by Crippen LogP contribution is -2.51. The molecule has 1 unspecified atom stereocenters. The second-order valence-corrected chi connectivity index (χ2v) is 5.93. The number of rotatable bonds is 2. The molecule has 1 atom stereocenters. The molecule has 3 nitrogen and oxygen atoms in total. The highest BCUT2D eigenvalue weighted by molar-refractivity contribution is 5.84. The zero-order valence-electron chi connectivity index (χ0n) is 10.8. The van der Waals surface area contributed by atoms with Gasteiger partial charge in [-0.25, -0.2) is 0 Å². The van der Waals surface area contributed by atoms with Crippen LogP contribution in [0.15, 0.2) is 0 Å². The van der Waals surface area contributed by atoms with E-state index in [-0.39, 0.29) is 11.0 Å². The molecule has 2 saturated heterocycles. The summed E-state index contributed by atoms with van der Waals surface area (Å²) in [5.41, 5.74) is -0.0382. The lowest BCUT2D eigenvalue weighted by molar-refractivity contribution is -0.144. The maximum Gasteiger partial charge on any atom is 0.230 e. The number of nitrogens with zero attached hydrogens (tertiary/aromatic N) is 1. The largest absolute Gasteiger partial charge is 0.337 e. The molecule has 1 N–H and O–H groups in total. The molecule has 2 heterocycles. The normalized spacial score (nSPS) is 33.3. The first-order valence-electron chi connectivity index (χ1n) is 6.55. The Bertz CT molecular complexity index is 280. The van der Waals surface area contributed by atoms with E-state index in [0.29, 0.717) is 5.91 Å². The Morgan fingerprint density at radius 2 is 2.12 bits per heavy atom. The molecule has 0 aromatic carbocycles. The quantitative estimate of drug-likeness (QED) is 0.775. The number of hydrogen-bond acceptors (Lipinski definition) is 2. The molecular weight excluding hydrogens is 200 g/mol. The van der Waals surface area contributed by atoms with Gasteiger partial charge in [-0.1, -0.05) is 6.92 Å². The number of nitrogens with one attached hydrogen (secondary N) is 1. The van der Waals surface area contributed by atoms with Crippen LogP contribution in [0.4, 0.5) is 0 Å². The molecule has 1 amide bonds. The van der Waals surface area contributed by atoms with Crippen LogP contribution in [0.5, 0.6) is 0 Å². The van der Waals surface area contributed by atoms with Crippen molar-refractivity contribution in [2.24, 2.45) is 5.41 Å². The number of likely N-dealkylation sites (tertiary alicyclic amines) is 1. The van der Waals surface area contributed by atoms with E-state index in [0.717, 1.165) is 45.3 Å². The Morgan fingerprint density at radius 3 is 2.56 bits per heavy atom. The van der Waals surface area contributed by atoms with Gasteiger partial charge in [-0.05, 0) is 46.1 Å². The van der Waals surface area contributed by atoms with Gasteiger partial charge in [-0.3, -0.25) is 4.79 Å². The molecule has 0 spiro atoms. The van der Waals surface area contributed by atoms with E-state index in [1.807, 2.05) is 0 Å². The molecule has 0 bridgehead atoms. The molecule has 0 aromatic heterocycles. The average Bonchev–Trinajstić information content (AvgIpc) is 2.83. The number of carbonyl (C=O) groups excluding carboxylic acids is 1. The van der Waals surface area contributed by atoms with Gasteiger partial charge in [0.1, 0.15) is 0 Å². The van der Waals surface area contributed by atoms with Crippen molar-refractivity contribution in [2.45, 2.75) is 52.0 Å². The molecule has 0 saturated carbocycles. The highest BCUT2D eigenvalue weighted by Crippen LogP contribution is 2.37. The van der Waals surface area contributed by atoms with Crippen molar-refractivity contribution in [3.8, 4) is 0 Å². The summed E-state index contributed by atoms with van der Waals surface area (Å²) >= 11 is 0. The summed E-state index contributed by atoms with van der Waals surface area (Å²) < 4.78 is 0. The van der Waals surface area contributed by atoms with E-state index in [1.54, 1.807) is 0 Å². The number of carbonyl (C=O) groups is 1. The Morgan fingerprint density at radius 1 is 1.38 bits per heavy atom. The first-order valence-corrected chi connectivity index (χ1v) is 6.55. The SMILES string of the molecule is CCC1(C(=O)N2CCCC2(C)C)CCNC1. The Labute approximate surface area is 98.6 Å². The zero-order valence-corrected chi connectivity index (χ0v) is 10.8. The predicted octanol–water partition coefficient (Wildman–Crippen LogP) is 1.78. The number of amides is 1. The summed E-state index contributed by atoms with van der Waals surface area (Å²) in [5.74, 6) is 0.391. The van der Waals surface area contributed by atoms with Gasteiger partial charge in [0.15, 0.2) is 0 Å². The molecular formula is C13H24N2O. The van der Waals surface area contributed by atoms with Crippen molar-refractivity contribution in [1.29, 1.82) is 0 Å². The van der Waals surface area contributed by atoms with Gasteiger partial charge in [0, 0.05) is 18.6 Å². The van der Waals surface area contributed by atoms with Crippen LogP contribution < -0.4 is 5.32 Å². The molecule has 0 aliphatic carbocycles. The first kappa shape index (κ1) is 11.9. The third-order valence-corrected chi connectivity index (χ3v) is 4.52. The van der Waals surface area contributed by atoms with E-state index < -0.39 is 0 Å². The fraction of sp³-hybridized carbons (Fsp3) is 0.923. The molecule has 0 aromatic rings. The molecule has 2 aliphatic rings. The second-order valence-electron chi connectivity index (χ2n) is 5.93. The first-order chi connectivity index (χ1) is 7.52. The standard InChI is InChI=1S/C13H24N2O/c1-4-13(7-8-14-10-13)11(16)15-9-5-6-12(15,2)3/h14H,4-10H2,1-3H3. The molecule has 2 aliphatic heterocycles.